The van der Waals surface area contributed by atoms with Crippen molar-refractivity contribution >= 4 is 46.6 Å². The number of fused-ring (bicyclic) bond motifs is 1. The van der Waals surface area contributed by atoms with Gasteiger partial charge in [0.25, 0.3) is 5.56 Å². The molecule has 3 heterocycles. The van der Waals surface area contributed by atoms with Crippen LogP contribution in [0.4, 0.5) is 0 Å². The first kappa shape index (κ1) is 26.2. The van der Waals surface area contributed by atoms with Crippen molar-refractivity contribution in [3.05, 3.63) is 118 Å². The van der Waals surface area contributed by atoms with Gasteiger partial charge in [0, 0.05) is 17.1 Å². The fraction of sp³-hybridized carbons (Fsp3) is 0.207. The topological polar surface area (TPSA) is 65.6 Å². The van der Waals surface area contributed by atoms with E-state index in [4.69, 9.17) is 27.9 Å². The summed E-state index contributed by atoms with van der Waals surface area (Å²) in [6.07, 6.45) is 1.88. The minimum Gasteiger partial charge on any atom is -0.463 e. The third-order valence-corrected chi connectivity index (χ3v) is 8.27. The lowest BCUT2D eigenvalue weighted by atomic mass is 9.96. The van der Waals surface area contributed by atoms with Gasteiger partial charge in [-0.25, -0.2) is 9.79 Å². The van der Waals surface area contributed by atoms with E-state index in [-0.39, 0.29) is 12.2 Å². The molecule has 1 unspecified atom stereocenters. The molecule has 0 fully saturated rings. The average molecular weight is 567 g/mol. The van der Waals surface area contributed by atoms with Crippen molar-refractivity contribution in [3.8, 4) is 5.69 Å². The minimum absolute atomic E-state index is 0.212. The summed E-state index contributed by atoms with van der Waals surface area (Å²) in [5, 5.41) is 0.963. The summed E-state index contributed by atoms with van der Waals surface area (Å²) >= 11 is 13.7. The van der Waals surface area contributed by atoms with Gasteiger partial charge in [-0.3, -0.25) is 9.36 Å². The van der Waals surface area contributed by atoms with Crippen LogP contribution >= 0.6 is 34.5 Å². The summed E-state index contributed by atoms with van der Waals surface area (Å²) in [7, 11) is 0. The lowest BCUT2D eigenvalue weighted by molar-refractivity contribution is -0.139. The van der Waals surface area contributed by atoms with E-state index in [1.165, 1.54) is 11.3 Å². The van der Waals surface area contributed by atoms with Gasteiger partial charge in [0.1, 0.15) is 0 Å². The largest absolute Gasteiger partial charge is 0.463 e. The van der Waals surface area contributed by atoms with Crippen LogP contribution in [-0.2, 0) is 9.53 Å². The van der Waals surface area contributed by atoms with Gasteiger partial charge in [-0.2, -0.15) is 0 Å². The number of rotatable bonds is 5. The van der Waals surface area contributed by atoms with E-state index in [2.05, 4.69) is 9.56 Å². The number of hydrogen-bond acceptors (Lipinski definition) is 5. The summed E-state index contributed by atoms with van der Waals surface area (Å²) in [6.45, 7) is 7.77. The molecule has 1 aliphatic heterocycles. The maximum atomic E-state index is 13.9. The molecular weight excluding hydrogens is 541 g/mol. The van der Waals surface area contributed by atoms with Gasteiger partial charge in [0.15, 0.2) is 4.80 Å². The van der Waals surface area contributed by atoms with Crippen LogP contribution < -0.4 is 14.9 Å². The molecule has 0 bridgehead atoms. The fourth-order valence-electron chi connectivity index (χ4n) is 4.84. The van der Waals surface area contributed by atoms with E-state index in [0.717, 1.165) is 28.2 Å². The molecule has 0 aliphatic carbocycles. The van der Waals surface area contributed by atoms with Gasteiger partial charge < -0.3 is 9.30 Å². The van der Waals surface area contributed by atoms with Crippen molar-refractivity contribution in [2.45, 2.75) is 33.7 Å². The number of carbonyl (C=O) groups is 1. The lowest BCUT2D eigenvalue weighted by Crippen LogP contribution is -2.39. The lowest BCUT2D eigenvalue weighted by Gasteiger charge is -2.24. The zero-order chi connectivity index (χ0) is 27.1. The number of esters is 1. The summed E-state index contributed by atoms with van der Waals surface area (Å²) in [5.74, 6) is -0.470. The molecule has 6 nitrogen and oxygen atoms in total. The Kier molecular flexibility index (Phi) is 7.18. The van der Waals surface area contributed by atoms with Gasteiger partial charge in [-0.05, 0) is 69.2 Å². The van der Waals surface area contributed by atoms with Crippen molar-refractivity contribution in [2.24, 2.45) is 4.99 Å². The summed E-state index contributed by atoms with van der Waals surface area (Å²) in [4.78, 5) is 32.0. The zero-order valence-electron chi connectivity index (χ0n) is 21.3. The summed E-state index contributed by atoms with van der Waals surface area (Å²) < 4.78 is 9.55. The summed E-state index contributed by atoms with van der Waals surface area (Å²) in [6, 6.07) is 16.4. The highest BCUT2D eigenvalue weighted by Gasteiger charge is 2.33. The molecule has 0 spiro atoms. The Hall–Kier alpha value is -3.39. The Labute approximate surface area is 233 Å². The minimum atomic E-state index is -0.628. The molecule has 2 aromatic heterocycles. The summed E-state index contributed by atoms with van der Waals surface area (Å²) in [5.41, 5.74) is 5.24. The van der Waals surface area contributed by atoms with Crippen LogP contribution in [0, 0.1) is 13.8 Å². The van der Waals surface area contributed by atoms with Crippen LogP contribution in [0.3, 0.4) is 0 Å². The maximum Gasteiger partial charge on any atom is 0.338 e. The Morgan fingerprint density at radius 3 is 2.50 bits per heavy atom. The van der Waals surface area contributed by atoms with E-state index in [1.54, 1.807) is 24.5 Å². The van der Waals surface area contributed by atoms with Crippen LogP contribution in [0.25, 0.3) is 11.8 Å². The Bertz CT molecular complexity index is 1780. The van der Waals surface area contributed by atoms with Crippen molar-refractivity contribution in [1.29, 1.82) is 0 Å². The van der Waals surface area contributed by atoms with Crippen LogP contribution in [0.2, 0.25) is 10.0 Å². The molecule has 0 radical (unpaired) electrons. The molecule has 4 aromatic rings. The highest BCUT2D eigenvalue weighted by atomic mass is 35.5. The Morgan fingerprint density at radius 1 is 1.08 bits per heavy atom. The monoisotopic (exact) mass is 565 g/mol. The first-order valence-electron chi connectivity index (χ1n) is 12.1. The molecular formula is C29H25Cl2N3O3S. The Balaban J connectivity index is 1.68. The number of carbonyl (C=O) groups excluding carboxylic acids is 1. The first-order valence-corrected chi connectivity index (χ1v) is 13.7. The number of nitrogens with zero attached hydrogens (tertiary/aromatic N) is 3. The molecule has 2 aromatic carbocycles. The normalized spacial score (nSPS) is 15.4. The third-order valence-electron chi connectivity index (χ3n) is 6.55. The molecule has 9 heteroatoms. The molecule has 0 saturated heterocycles. The maximum absolute atomic E-state index is 13.9. The van der Waals surface area contributed by atoms with E-state index < -0.39 is 12.0 Å². The molecule has 1 aliphatic rings. The van der Waals surface area contributed by atoms with Gasteiger partial charge >= 0.3 is 5.97 Å². The molecule has 0 saturated carbocycles. The quantitative estimate of drug-likeness (QED) is 0.299. The Morgan fingerprint density at radius 2 is 1.82 bits per heavy atom. The molecule has 5 rings (SSSR count). The van der Waals surface area contributed by atoms with Crippen LogP contribution in [0.15, 0.2) is 75.7 Å². The second-order valence-corrected chi connectivity index (χ2v) is 10.8. The first-order chi connectivity index (χ1) is 18.2. The number of allylic oxidation sites excluding steroid dienone is 1. The predicted octanol–water partition coefficient (Wildman–Crippen LogP) is 5.51. The molecule has 0 amide bonds. The number of hydrogen-bond donors (Lipinski definition) is 0. The fourth-order valence-corrected chi connectivity index (χ4v) is 6.17. The van der Waals surface area contributed by atoms with Crippen molar-refractivity contribution in [3.63, 3.8) is 0 Å². The molecule has 38 heavy (non-hydrogen) atoms. The van der Waals surface area contributed by atoms with E-state index in [0.29, 0.717) is 30.6 Å². The number of thiazole rings is 1. The van der Waals surface area contributed by atoms with Gasteiger partial charge in [0.2, 0.25) is 0 Å². The number of halogens is 2. The second kappa shape index (κ2) is 10.4. The highest BCUT2D eigenvalue weighted by Crippen LogP contribution is 2.31. The zero-order valence-corrected chi connectivity index (χ0v) is 23.6. The molecule has 0 N–H and O–H groups in total. The van der Waals surface area contributed by atoms with Crippen molar-refractivity contribution < 1.29 is 9.53 Å². The van der Waals surface area contributed by atoms with Crippen molar-refractivity contribution in [2.75, 3.05) is 6.61 Å². The molecule has 194 valence electrons. The number of benzene rings is 2. The average Bonchev–Trinajstić information content (AvgIpc) is 3.34. The number of aromatic nitrogens is 2. The van der Waals surface area contributed by atoms with Gasteiger partial charge in [-0.1, -0.05) is 64.9 Å². The predicted molar refractivity (Wildman–Crippen MR) is 152 cm³/mol. The molecule has 1 atom stereocenters. The third kappa shape index (κ3) is 4.55. The van der Waals surface area contributed by atoms with E-state index in [1.807, 2.05) is 68.5 Å². The number of aryl methyl sites for hydroxylation is 1. The van der Waals surface area contributed by atoms with Gasteiger partial charge in [-0.15, -0.1) is 0 Å². The number of ether oxygens (including phenoxy) is 1. The van der Waals surface area contributed by atoms with Crippen LogP contribution in [0.1, 0.15) is 42.4 Å². The highest BCUT2D eigenvalue weighted by molar-refractivity contribution is 7.07. The van der Waals surface area contributed by atoms with E-state index in [9.17, 15) is 9.59 Å². The van der Waals surface area contributed by atoms with Crippen LogP contribution in [-0.4, -0.2) is 21.7 Å². The smallest absolute Gasteiger partial charge is 0.338 e. The van der Waals surface area contributed by atoms with Crippen LogP contribution in [0.5, 0.6) is 0 Å². The standard InChI is InChI=1S/C29H25Cl2N3O3S/c1-5-37-28(36)25-17(3)32-29-34(26(25)19-9-7-6-8-10-19)27(35)24(38-29)14-20-13-16(2)33(18(20)4)21-11-12-22(30)23(31)15-21/h6-15,26H,5H2,1-4H3/b24-14+. The SMILES string of the molecule is CCOC(=O)C1=C(C)N=c2s/c(=C/c3cc(C)n(-c4ccc(Cl)c(Cl)c4)c3C)c(=O)n2C1c1ccccc1. The van der Waals surface area contributed by atoms with Crippen molar-refractivity contribution in [1.82, 2.24) is 9.13 Å². The van der Waals surface area contributed by atoms with E-state index >= 15 is 0 Å². The second-order valence-electron chi connectivity index (χ2n) is 8.97. The van der Waals surface area contributed by atoms with Gasteiger partial charge in [0.05, 0.1) is 38.5 Å².